The average molecular weight is 462 g/mol. The molecule has 0 saturated heterocycles. The van der Waals surface area contributed by atoms with Crippen molar-refractivity contribution in [2.45, 2.75) is 38.7 Å². The van der Waals surface area contributed by atoms with Crippen molar-refractivity contribution in [3.05, 3.63) is 48.0 Å². The third-order valence-corrected chi connectivity index (χ3v) is 5.73. The van der Waals surface area contributed by atoms with Gasteiger partial charge in [0, 0.05) is 0 Å². The SMILES string of the molecule is COC(=O)N1c2ccc(-c3ccc(CS(N)(=O)=O)cc3)cc2N(C(=O)OC(C)C)C[C@@H]1C. The van der Waals surface area contributed by atoms with Crippen LogP contribution in [0.1, 0.15) is 26.3 Å². The molecule has 9 nitrogen and oxygen atoms in total. The molecule has 172 valence electrons. The van der Waals surface area contributed by atoms with E-state index in [0.29, 0.717) is 16.9 Å². The molecule has 10 heteroatoms. The summed E-state index contributed by atoms with van der Waals surface area (Å²) in [5, 5.41) is 5.11. The van der Waals surface area contributed by atoms with Gasteiger partial charge in [0.15, 0.2) is 0 Å². The number of fused-ring (bicyclic) bond motifs is 1. The van der Waals surface area contributed by atoms with E-state index in [0.717, 1.165) is 11.1 Å². The van der Waals surface area contributed by atoms with E-state index in [2.05, 4.69) is 0 Å². The molecule has 0 radical (unpaired) electrons. The summed E-state index contributed by atoms with van der Waals surface area (Å²) in [6, 6.07) is 12.0. The molecule has 0 aliphatic carbocycles. The number of hydrogen-bond donors (Lipinski definition) is 1. The zero-order valence-corrected chi connectivity index (χ0v) is 19.3. The largest absolute Gasteiger partial charge is 0.452 e. The zero-order valence-electron chi connectivity index (χ0n) is 18.4. The number of amides is 2. The monoisotopic (exact) mass is 461 g/mol. The van der Waals surface area contributed by atoms with Crippen molar-refractivity contribution in [2.75, 3.05) is 23.5 Å². The van der Waals surface area contributed by atoms with Crippen LogP contribution in [0.3, 0.4) is 0 Å². The Labute approximate surface area is 187 Å². The molecule has 0 bridgehead atoms. The molecule has 0 unspecified atom stereocenters. The van der Waals surface area contributed by atoms with Crippen LogP contribution in [0, 0.1) is 0 Å². The lowest BCUT2D eigenvalue weighted by Crippen LogP contribution is -2.52. The maximum absolute atomic E-state index is 12.8. The summed E-state index contributed by atoms with van der Waals surface area (Å²) >= 11 is 0. The van der Waals surface area contributed by atoms with Gasteiger partial charge in [-0.3, -0.25) is 9.80 Å². The standard InChI is InChI=1S/C22H27N3O6S/c1-14(2)31-21(26)24-12-15(3)25(22(27)30-4)19-10-9-18(11-20(19)24)17-7-5-16(6-8-17)13-32(23,28)29/h5-11,14-15H,12-13H2,1-4H3,(H2,23,28,29)/t15-/m0/s1. The summed E-state index contributed by atoms with van der Waals surface area (Å²) in [4.78, 5) is 28.2. The summed E-state index contributed by atoms with van der Waals surface area (Å²) in [6.45, 7) is 5.61. The van der Waals surface area contributed by atoms with E-state index < -0.39 is 22.2 Å². The van der Waals surface area contributed by atoms with Crippen molar-refractivity contribution < 1.29 is 27.5 Å². The van der Waals surface area contributed by atoms with Gasteiger partial charge in [0.1, 0.15) is 0 Å². The van der Waals surface area contributed by atoms with E-state index in [9.17, 15) is 18.0 Å². The molecular formula is C22H27N3O6S. The highest BCUT2D eigenvalue weighted by Crippen LogP contribution is 2.39. The Balaban J connectivity index is 2.04. The van der Waals surface area contributed by atoms with Crippen molar-refractivity contribution in [1.29, 1.82) is 0 Å². The molecule has 0 aromatic heterocycles. The summed E-state index contributed by atoms with van der Waals surface area (Å²) < 4.78 is 33.0. The van der Waals surface area contributed by atoms with Crippen LogP contribution in [0.25, 0.3) is 11.1 Å². The second-order valence-corrected chi connectivity index (χ2v) is 9.55. The quantitative estimate of drug-likeness (QED) is 0.745. The van der Waals surface area contributed by atoms with Gasteiger partial charge in [-0.25, -0.2) is 23.1 Å². The number of rotatable bonds is 4. The van der Waals surface area contributed by atoms with Crippen molar-refractivity contribution in [2.24, 2.45) is 5.14 Å². The first kappa shape index (κ1) is 23.6. The molecule has 1 aliphatic rings. The summed E-state index contributed by atoms with van der Waals surface area (Å²) in [5.74, 6) is -0.252. The van der Waals surface area contributed by atoms with E-state index in [1.807, 2.05) is 13.0 Å². The number of sulfonamides is 1. The number of ether oxygens (including phenoxy) is 2. The fraction of sp³-hybridized carbons (Fsp3) is 0.364. The first-order chi connectivity index (χ1) is 15.0. The van der Waals surface area contributed by atoms with Gasteiger partial charge in [-0.1, -0.05) is 30.3 Å². The minimum absolute atomic E-state index is 0.240. The summed E-state index contributed by atoms with van der Waals surface area (Å²) in [5.41, 5.74) is 3.22. The van der Waals surface area contributed by atoms with Gasteiger partial charge >= 0.3 is 12.2 Å². The van der Waals surface area contributed by atoms with Gasteiger partial charge in [-0.05, 0) is 49.6 Å². The number of hydrogen-bond acceptors (Lipinski definition) is 6. The Kier molecular flexibility index (Phi) is 6.75. The van der Waals surface area contributed by atoms with Crippen LogP contribution in [-0.2, 0) is 25.2 Å². The van der Waals surface area contributed by atoms with Crippen LogP contribution >= 0.6 is 0 Å². The van der Waals surface area contributed by atoms with Crippen LogP contribution in [0.5, 0.6) is 0 Å². The van der Waals surface area contributed by atoms with Gasteiger partial charge in [0.05, 0.1) is 42.9 Å². The van der Waals surface area contributed by atoms with Crippen LogP contribution in [-0.4, -0.2) is 46.4 Å². The lowest BCUT2D eigenvalue weighted by atomic mass is 10.0. The molecule has 2 N–H and O–H groups in total. The summed E-state index contributed by atoms with van der Waals surface area (Å²) in [7, 11) is -2.31. The Bertz CT molecular complexity index is 1110. The number of carbonyl (C=O) groups excluding carboxylic acids is 2. The second-order valence-electron chi connectivity index (χ2n) is 7.94. The predicted molar refractivity (Wildman–Crippen MR) is 122 cm³/mol. The molecule has 0 fully saturated rings. The molecule has 1 atom stereocenters. The van der Waals surface area contributed by atoms with Crippen molar-refractivity contribution >= 4 is 33.6 Å². The first-order valence-corrected chi connectivity index (χ1v) is 11.8. The minimum atomic E-state index is -3.62. The van der Waals surface area contributed by atoms with Crippen LogP contribution < -0.4 is 14.9 Å². The molecule has 3 rings (SSSR count). The molecule has 0 saturated carbocycles. The average Bonchev–Trinajstić information content (AvgIpc) is 2.71. The molecular weight excluding hydrogens is 434 g/mol. The van der Waals surface area contributed by atoms with Crippen molar-refractivity contribution in [1.82, 2.24) is 0 Å². The Morgan fingerprint density at radius 2 is 1.69 bits per heavy atom. The smallest absolute Gasteiger partial charge is 0.414 e. The maximum Gasteiger partial charge on any atom is 0.414 e. The van der Waals surface area contributed by atoms with E-state index in [-0.39, 0.29) is 24.4 Å². The van der Waals surface area contributed by atoms with Crippen LogP contribution in [0.15, 0.2) is 42.5 Å². The fourth-order valence-electron chi connectivity index (χ4n) is 3.65. The molecule has 1 heterocycles. The van der Waals surface area contributed by atoms with Crippen LogP contribution in [0.2, 0.25) is 0 Å². The normalized spacial score (nSPS) is 16.0. The van der Waals surface area contributed by atoms with E-state index in [1.165, 1.54) is 16.9 Å². The lowest BCUT2D eigenvalue weighted by molar-refractivity contribution is 0.121. The Morgan fingerprint density at radius 1 is 1.06 bits per heavy atom. The van der Waals surface area contributed by atoms with E-state index >= 15 is 0 Å². The molecule has 1 aliphatic heterocycles. The van der Waals surface area contributed by atoms with Gasteiger partial charge in [-0.15, -0.1) is 0 Å². The Morgan fingerprint density at radius 3 is 2.25 bits per heavy atom. The summed E-state index contributed by atoms with van der Waals surface area (Å²) in [6.07, 6.45) is -1.32. The number of methoxy groups -OCH3 is 1. The number of anilines is 2. The highest BCUT2D eigenvalue weighted by molar-refractivity contribution is 7.88. The molecule has 2 amide bonds. The molecule has 32 heavy (non-hydrogen) atoms. The first-order valence-electron chi connectivity index (χ1n) is 10.1. The number of primary sulfonamides is 1. The van der Waals surface area contributed by atoms with Gasteiger partial charge in [-0.2, -0.15) is 0 Å². The second kappa shape index (κ2) is 9.17. The van der Waals surface area contributed by atoms with E-state index in [4.69, 9.17) is 14.6 Å². The Hall–Kier alpha value is -3.11. The zero-order chi connectivity index (χ0) is 23.6. The van der Waals surface area contributed by atoms with Gasteiger partial charge in [0.25, 0.3) is 0 Å². The van der Waals surface area contributed by atoms with Gasteiger partial charge in [0.2, 0.25) is 10.0 Å². The number of nitrogens with two attached hydrogens (primary N) is 1. The third kappa shape index (κ3) is 5.20. The lowest BCUT2D eigenvalue weighted by Gasteiger charge is -2.40. The minimum Gasteiger partial charge on any atom is -0.452 e. The highest BCUT2D eigenvalue weighted by atomic mass is 32.2. The van der Waals surface area contributed by atoms with Crippen LogP contribution in [0.4, 0.5) is 21.0 Å². The van der Waals surface area contributed by atoms with Crippen molar-refractivity contribution in [3.8, 4) is 11.1 Å². The van der Waals surface area contributed by atoms with Gasteiger partial charge < -0.3 is 9.47 Å². The number of carbonyl (C=O) groups is 2. The van der Waals surface area contributed by atoms with E-state index in [1.54, 1.807) is 50.2 Å². The number of benzene rings is 2. The predicted octanol–water partition coefficient (Wildman–Crippen LogP) is 3.47. The fourth-order valence-corrected chi connectivity index (χ4v) is 4.30. The molecule has 0 spiro atoms. The third-order valence-electron chi connectivity index (χ3n) is 5.00. The molecule has 2 aromatic rings. The van der Waals surface area contributed by atoms with Crippen molar-refractivity contribution in [3.63, 3.8) is 0 Å². The number of nitrogens with zero attached hydrogens (tertiary/aromatic N) is 2. The molecule has 2 aromatic carbocycles. The highest BCUT2D eigenvalue weighted by Gasteiger charge is 2.36. The topological polar surface area (TPSA) is 119 Å². The maximum atomic E-state index is 12.8.